The lowest BCUT2D eigenvalue weighted by molar-refractivity contribution is 0.470. The zero-order chi connectivity index (χ0) is 15.2. The van der Waals surface area contributed by atoms with Gasteiger partial charge in [-0.25, -0.2) is 4.39 Å². The third kappa shape index (κ3) is 5.41. The summed E-state index contributed by atoms with van der Waals surface area (Å²) in [5.74, 6) is 0.610. The normalized spacial score (nSPS) is 12.4. The van der Waals surface area contributed by atoms with Gasteiger partial charge in [0.05, 0.1) is 0 Å². The van der Waals surface area contributed by atoms with E-state index in [9.17, 15) is 4.39 Å². The van der Waals surface area contributed by atoms with Crippen LogP contribution >= 0.6 is 11.8 Å². The Morgan fingerprint density at radius 2 is 2.15 bits per heavy atom. The van der Waals surface area contributed by atoms with Gasteiger partial charge < -0.3 is 10.2 Å². The fraction of sp³-hybridized carbons (Fsp3) is 0.533. The summed E-state index contributed by atoms with van der Waals surface area (Å²) in [6.07, 6.45) is 2.10. The number of aliphatic imine (C=N–C) groups is 1. The number of hydrogen-bond donors (Lipinski definition) is 1. The lowest BCUT2D eigenvalue weighted by Gasteiger charge is -2.27. The first-order valence-electron chi connectivity index (χ1n) is 6.59. The number of rotatable bonds is 5. The van der Waals surface area contributed by atoms with Gasteiger partial charge >= 0.3 is 0 Å². The third-order valence-electron chi connectivity index (χ3n) is 3.11. The first kappa shape index (κ1) is 16.8. The van der Waals surface area contributed by atoms with Crippen LogP contribution in [0.2, 0.25) is 0 Å². The minimum absolute atomic E-state index is 0.148. The summed E-state index contributed by atoms with van der Waals surface area (Å²) in [7, 11) is 3.71. The van der Waals surface area contributed by atoms with Gasteiger partial charge in [0, 0.05) is 31.9 Å². The van der Waals surface area contributed by atoms with E-state index in [2.05, 4.69) is 30.4 Å². The van der Waals surface area contributed by atoms with E-state index in [0.717, 1.165) is 18.1 Å². The Morgan fingerprint density at radius 3 is 2.70 bits per heavy atom. The van der Waals surface area contributed by atoms with Gasteiger partial charge in [-0.2, -0.15) is 11.8 Å². The Balaban J connectivity index is 2.62. The zero-order valence-corrected chi connectivity index (χ0v) is 13.7. The van der Waals surface area contributed by atoms with Crippen molar-refractivity contribution in [3.63, 3.8) is 0 Å². The highest BCUT2D eigenvalue weighted by Gasteiger charge is 2.17. The second kappa shape index (κ2) is 7.53. The van der Waals surface area contributed by atoms with Crippen LogP contribution in [0.1, 0.15) is 19.4 Å². The summed E-state index contributed by atoms with van der Waals surface area (Å²) >= 11 is 1.81. The summed E-state index contributed by atoms with van der Waals surface area (Å²) in [5, 5.41) is 3.36. The summed E-state index contributed by atoms with van der Waals surface area (Å²) in [5.41, 5.74) is 0.930. The highest BCUT2D eigenvalue weighted by Crippen LogP contribution is 2.19. The largest absolute Gasteiger partial charge is 0.355 e. The Kier molecular flexibility index (Phi) is 6.33. The van der Waals surface area contributed by atoms with Crippen LogP contribution in [0.15, 0.2) is 29.3 Å². The minimum Gasteiger partial charge on any atom is -0.355 e. The van der Waals surface area contributed by atoms with Crippen molar-refractivity contribution in [3.05, 3.63) is 35.6 Å². The van der Waals surface area contributed by atoms with Crippen LogP contribution in [0.4, 0.5) is 4.39 Å². The van der Waals surface area contributed by atoms with E-state index < -0.39 is 0 Å². The predicted molar refractivity (Wildman–Crippen MR) is 86.8 cm³/mol. The van der Waals surface area contributed by atoms with Gasteiger partial charge in [-0.05, 0) is 37.8 Å². The molecule has 20 heavy (non-hydrogen) atoms. The molecule has 0 bridgehead atoms. The second-order valence-corrected chi connectivity index (χ2v) is 6.86. The fourth-order valence-electron chi connectivity index (χ4n) is 1.73. The monoisotopic (exact) mass is 297 g/mol. The van der Waals surface area contributed by atoms with Crippen LogP contribution in [-0.2, 0) is 6.54 Å². The maximum atomic E-state index is 13.2. The van der Waals surface area contributed by atoms with E-state index in [1.807, 2.05) is 29.8 Å². The van der Waals surface area contributed by atoms with E-state index >= 15 is 0 Å². The van der Waals surface area contributed by atoms with Crippen LogP contribution in [0.5, 0.6) is 0 Å². The van der Waals surface area contributed by atoms with Gasteiger partial charge in [-0.3, -0.25) is 4.99 Å². The van der Waals surface area contributed by atoms with Crippen molar-refractivity contribution in [2.75, 3.05) is 26.9 Å². The van der Waals surface area contributed by atoms with Crippen LogP contribution < -0.4 is 5.32 Å². The molecule has 0 fully saturated rings. The van der Waals surface area contributed by atoms with E-state index in [-0.39, 0.29) is 10.6 Å². The molecule has 3 nitrogen and oxygen atoms in total. The van der Waals surface area contributed by atoms with Gasteiger partial charge in [-0.1, -0.05) is 12.1 Å². The van der Waals surface area contributed by atoms with Gasteiger partial charge in [0.2, 0.25) is 0 Å². The van der Waals surface area contributed by atoms with Crippen LogP contribution in [0.3, 0.4) is 0 Å². The number of nitrogens with zero attached hydrogens (tertiary/aromatic N) is 2. The molecule has 0 saturated carbocycles. The molecular formula is C15H24FN3S. The molecular weight excluding hydrogens is 273 g/mol. The Morgan fingerprint density at radius 1 is 1.45 bits per heavy atom. The highest BCUT2D eigenvalue weighted by molar-refractivity contribution is 7.99. The van der Waals surface area contributed by atoms with Crippen LogP contribution in [-0.4, -0.2) is 42.5 Å². The number of guanidine groups is 1. The van der Waals surface area contributed by atoms with Crippen molar-refractivity contribution >= 4 is 17.7 Å². The molecule has 1 N–H and O–H groups in total. The highest BCUT2D eigenvalue weighted by atomic mass is 32.2. The zero-order valence-electron chi connectivity index (χ0n) is 12.9. The Labute approximate surface area is 125 Å². The van der Waals surface area contributed by atoms with Crippen molar-refractivity contribution in [2.24, 2.45) is 4.99 Å². The topological polar surface area (TPSA) is 27.6 Å². The van der Waals surface area contributed by atoms with Crippen molar-refractivity contribution in [2.45, 2.75) is 25.1 Å². The molecule has 0 aromatic heterocycles. The van der Waals surface area contributed by atoms with Crippen LogP contribution in [0.25, 0.3) is 0 Å². The van der Waals surface area contributed by atoms with E-state index in [0.29, 0.717) is 6.54 Å². The molecule has 5 heteroatoms. The fourth-order valence-corrected chi connectivity index (χ4v) is 1.95. The maximum absolute atomic E-state index is 13.2. The molecule has 0 heterocycles. The van der Waals surface area contributed by atoms with Crippen molar-refractivity contribution in [1.82, 2.24) is 10.2 Å². The number of benzene rings is 1. The molecule has 0 saturated heterocycles. The van der Waals surface area contributed by atoms with Gasteiger partial charge in [0.25, 0.3) is 0 Å². The SMILES string of the molecule is CN=C(NCC(C)(C)SC)N(C)Cc1cccc(F)c1. The number of hydrogen-bond acceptors (Lipinski definition) is 2. The summed E-state index contributed by atoms with van der Waals surface area (Å²) in [6, 6.07) is 6.65. The molecule has 0 amide bonds. The standard InChI is InChI=1S/C15H24FN3S/c1-15(2,20-5)11-18-14(17-3)19(4)10-12-7-6-8-13(16)9-12/h6-9H,10-11H2,1-5H3,(H,17,18). The lowest BCUT2D eigenvalue weighted by Crippen LogP contribution is -2.43. The van der Waals surface area contributed by atoms with E-state index in [4.69, 9.17) is 0 Å². The lowest BCUT2D eigenvalue weighted by atomic mass is 10.2. The molecule has 0 radical (unpaired) electrons. The molecule has 1 rings (SSSR count). The molecule has 0 aliphatic heterocycles. The average Bonchev–Trinajstić information content (AvgIpc) is 2.39. The Bertz CT molecular complexity index is 460. The molecule has 0 aliphatic rings. The molecule has 0 unspecified atom stereocenters. The average molecular weight is 297 g/mol. The van der Waals surface area contributed by atoms with Crippen molar-refractivity contribution in [3.8, 4) is 0 Å². The molecule has 0 aliphatic carbocycles. The Hall–Kier alpha value is -1.23. The predicted octanol–water partition coefficient (Wildman–Crippen LogP) is 2.97. The summed E-state index contributed by atoms with van der Waals surface area (Å²) < 4.78 is 13.3. The van der Waals surface area contributed by atoms with Crippen LogP contribution in [0, 0.1) is 5.82 Å². The summed E-state index contributed by atoms with van der Waals surface area (Å²) in [6.45, 7) is 5.82. The molecule has 0 atom stereocenters. The third-order valence-corrected chi connectivity index (χ3v) is 4.36. The molecule has 0 spiro atoms. The quantitative estimate of drug-likeness (QED) is 0.669. The molecule has 1 aromatic rings. The first-order chi connectivity index (χ1) is 9.38. The smallest absolute Gasteiger partial charge is 0.193 e. The number of nitrogens with one attached hydrogen (secondary N) is 1. The maximum Gasteiger partial charge on any atom is 0.193 e. The van der Waals surface area contributed by atoms with Gasteiger partial charge in [0.1, 0.15) is 5.82 Å². The minimum atomic E-state index is -0.206. The second-order valence-electron chi connectivity index (χ2n) is 5.35. The molecule has 112 valence electrons. The van der Waals surface area contributed by atoms with Crippen molar-refractivity contribution < 1.29 is 4.39 Å². The van der Waals surface area contributed by atoms with Gasteiger partial charge in [0.15, 0.2) is 5.96 Å². The van der Waals surface area contributed by atoms with E-state index in [1.165, 1.54) is 6.07 Å². The van der Waals surface area contributed by atoms with E-state index in [1.54, 1.807) is 19.2 Å². The summed E-state index contributed by atoms with van der Waals surface area (Å²) in [4.78, 5) is 6.26. The first-order valence-corrected chi connectivity index (χ1v) is 7.82. The molecule has 1 aromatic carbocycles. The van der Waals surface area contributed by atoms with Gasteiger partial charge in [-0.15, -0.1) is 0 Å². The number of thioether (sulfide) groups is 1. The van der Waals surface area contributed by atoms with Crippen molar-refractivity contribution in [1.29, 1.82) is 0 Å². The number of halogens is 1.